The molecule has 0 unspecified atom stereocenters. The average molecular weight is 368 g/mol. The molecule has 0 aliphatic carbocycles. The minimum atomic E-state index is -0.767. The Morgan fingerprint density at radius 3 is 2.33 bits per heavy atom. The molecule has 144 valence electrons. The molecular weight excluding hydrogens is 340 g/mol. The molecule has 5 nitrogen and oxygen atoms in total. The van der Waals surface area contributed by atoms with Crippen molar-refractivity contribution in [2.45, 2.75) is 65.0 Å². The van der Waals surface area contributed by atoms with Crippen LogP contribution in [0.15, 0.2) is 29.8 Å². The molecule has 2 rings (SSSR count). The van der Waals surface area contributed by atoms with Crippen LogP contribution in [0.5, 0.6) is 0 Å². The lowest BCUT2D eigenvalue weighted by atomic mass is 9.97. The van der Waals surface area contributed by atoms with Crippen molar-refractivity contribution in [1.82, 2.24) is 4.90 Å². The normalized spacial score (nSPS) is 20.3. The van der Waals surface area contributed by atoms with Gasteiger partial charge in [-0.15, -0.1) is 0 Å². The summed E-state index contributed by atoms with van der Waals surface area (Å²) in [6.45, 7) is 7.89. The largest absolute Gasteiger partial charge is 0.451 e. The Balaban J connectivity index is 2.00. The van der Waals surface area contributed by atoms with Crippen molar-refractivity contribution in [2.75, 3.05) is 6.61 Å². The number of rotatable bonds is 5. The molecule has 1 aromatic carbocycles. The molecule has 1 aliphatic rings. The monoisotopic (exact) mass is 368 g/mol. The Bertz CT molecular complexity index is 734. The van der Waals surface area contributed by atoms with Crippen molar-refractivity contribution in [1.29, 1.82) is 5.26 Å². The summed E-state index contributed by atoms with van der Waals surface area (Å²) in [5.74, 6) is -0.563. The van der Waals surface area contributed by atoms with Gasteiger partial charge < -0.3 is 9.64 Å². The number of nitriles is 1. The summed E-state index contributed by atoms with van der Waals surface area (Å²) in [5.41, 5.74) is 1.82. The molecule has 2 atom stereocenters. The predicted molar refractivity (Wildman–Crippen MR) is 105 cm³/mol. The van der Waals surface area contributed by atoms with E-state index in [0.717, 1.165) is 24.8 Å². The minimum absolute atomic E-state index is 0.111. The van der Waals surface area contributed by atoms with Gasteiger partial charge in [0.05, 0.1) is 0 Å². The highest BCUT2D eigenvalue weighted by Gasteiger charge is 2.29. The first-order chi connectivity index (χ1) is 12.8. The van der Waals surface area contributed by atoms with Gasteiger partial charge in [0.1, 0.15) is 11.6 Å². The van der Waals surface area contributed by atoms with E-state index >= 15 is 0 Å². The van der Waals surface area contributed by atoms with Crippen molar-refractivity contribution in [3.63, 3.8) is 0 Å². The first-order valence-corrected chi connectivity index (χ1v) is 9.53. The first kappa shape index (κ1) is 20.7. The fourth-order valence-corrected chi connectivity index (χ4v) is 3.47. The maximum absolute atomic E-state index is 12.4. The molecule has 1 fully saturated rings. The molecule has 5 heteroatoms. The van der Waals surface area contributed by atoms with E-state index in [1.165, 1.54) is 11.6 Å². The summed E-state index contributed by atoms with van der Waals surface area (Å²) < 4.78 is 5.12. The molecule has 27 heavy (non-hydrogen) atoms. The van der Waals surface area contributed by atoms with E-state index in [-0.39, 0.29) is 30.2 Å². The van der Waals surface area contributed by atoms with Crippen molar-refractivity contribution in [2.24, 2.45) is 0 Å². The zero-order valence-corrected chi connectivity index (χ0v) is 16.6. The molecule has 1 amide bonds. The highest BCUT2D eigenvalue weighted by molar-refractivity contribution is 5.98. The van der Waals surface area contributed by atoms with Crippen molar-refractivity contribution < 1.29 is 14.3 Å². The second-order valence-electron chi connectivity index (χ2n) is 7.50. The Morgan fingerprint density at radius 2 is 1.81 bits per heavy atom. The standard InChI is InChI=1S/C22H28N2O3/c1-15(2)19-10-8-18(9-11-19)12-20(13-23)22(26)27-14-21(25)24-16(3)6-5-7-17(24)4/h8-12,15-17H,5-7,14H2,1-4H3/b20-12+/t16-,17-/m1/s1. The lowest BCUT2D eigenvalue weighted by Crippen LogP contribution is -2.49. The number of piperidine rings is 1. The van der Waals surface area contributed by atoms with Crippen LogP contribution in [-0.2, 0) is 14.3 Å². The van der Waals surface area contributed by atoms with Gasteiger partial charge in [-0.05, 0) is 56.2 Å². The van der Waals surface area contributed by atoms with Crippen LogP contribution < -0.4 is 0 Å². The second kappa shape index (κ2) is 9.36. The number of hydrogen-bond donors (Lipinski definition) is 0. The van der Waals surface area contributed by atoms with Gasteiger partial charge in [-0.25, -0.2) is 4.79 Å². The van der Waals surface area contributed by atoms with Gasteiger partial charge in [-0.3, -0.25) is 4.79 Å². The fraction of sp³-hybridized carbons (Fsp3) is 0.500. The van der Waals surface area contributed by atoms with Gasteiger partial charge >= 0.3 is 5.97 Å². The topological polar surface area (TPSA) is 70.4 Å². The van der Waals surface area contributed by atoms with Gasteiger partial charge in [0.2, 0.25) is 0 Å². The summed E-state index contributed by atoms with van der Waals surface area (Å²) >= 11 is 0. The van der Waals surface area contributed by atoms with Gasteiger partial charge in [0.25, 0.3) is 5.91 Å². The van der Waals surface area contributed by atoms with E-state index in [1.54, 1.807) is 4.90 Å². The molecule has 0 bridgehead atoms. The van der Waals surface area contributed by atoms with Crippen LogP contribution in [0, 0.1) is 11.3 Å². The van der Waals surface area contributed by atoms with Crippen LogP contribution in [0.1, 0.15) is 64.0 Å². The summed E-state index contributed by atoms with van der Waals surface area (Å²) in [6, 6.07) is 9.83. The molecule has 0 spiro atoms. The van der Waals surface area contributed by atoms with Crippen LogP contribution in [0.25, 0.3) is 6.08 Å². The smallest absolute Gasteiger partial charge is 0.349 e. The van der Waals surface area contributed by atoms with Crippen molar-refractivity contribution >= 4 is 18.0 Å². The molecule has 1 aliphatic heterocycles. The molecule has 1 saturated heterocycles. The lowest BCUT2D eigenvalue weighted by Gasteiger charge is -2.38. The van der Waals surface area contributed by atoms with E-state index in [4.69, 9.17) is 4.74 Å². The molecule has 0 N–H and O–H groups in total. The predicted octanol–water partition coefficient (Wildman–Crippen LogP) is 4.05. The second-order valence-corrected chi connectivity index (χ2v) is 7.50. The van der Waals surface area contributed by atoms with Crippen LogP contribution >= 0.6 is 0 Å². The van der Waals surface area contributed by atoms with Crippen LogP contribution in [-0.4, -0.2) is 35.5 Å². The van der Waals surface area contributed by atoms with Crippen molar-refractivity contribution in [3.8, 4) is 6.07 Å². The molecule has 0 saturated carbocycles. The Morgan fingerprint density at radius 1 is 1.22 bits per heavy atom. The van der Waals surface area contributed by atoms with E-state index < -0.39 is 5.97 Å². The molecule has 1 heterocycles. The third-order valence-electron chi connectivity index (χ3n) is 5.06. The van der Waals surface area contributed by atoms with Gasteiger partial charge in [0, 0.05) is 12.1 Å². The number of ether oxygens (including phenoxy) is 1. The molecule has 1 aromatic rings. The number of nitrogens with zero attached hydrogens (tertiary/aromatic N) is 2. The highest BCUT2D eigenvalue weighted by Crippen LogP contribution is 2.22. The number of carbonyl (C=O) groups excluding carboxylic acids is 2. The number of amides is 1. The summed E-state index contributed by atoms with van der Waals surface area (Å²) in [6.07, 6.45) is 4.51. The number of esters is 1. The number of likely N-dealkylation sites (tertiary alicyclic amines) is 1. The van der Waals surface area contributed by atoms with Gasteiger partial charge in [-0.1, -0.05) is 38.1 Å². The fourth-order valence-electron chi connectivity index (χ4n) is 3.47. The first-order valence-electron chi connectivity index (χ1n) is 9.53. The maximum atomic E-state index is 12.4. The van der Waals surface area contributed by atoms with E-state index in [9.17, 15) is 14.9 Å². The number of benzene rings is 1. The molecule has 0 radical (unpaired) electrons. The lowest BCUT2D eigenvalue weighted by molar-refractivity contribution is -0.151. The third kappa shape index (κ3) is 5.43. The van der Waals surface area contributed by atoms with E-state index in [2.05, 4.69) is 13.8 Å². The Hall–Kier alpha value is -2.61. The van der Waals surface area contributed by atoms with E-state index in [1.807, 2.05) is 44.2 Å². The average Bonchev–Trinajstić information content (AvgIpc) is 2.64. The van der Waals surface area contributed by atoms with Gasteiger partial charge in [0.15, 0.2) is 6.61 Å². The molecule has 0 aromatic heterocycles. The summed E-state index contributed by atoms with van der Waals surface area (Å²) in [7, 11) is 0. The number of hydrogen-bond acceptors (Lipinski definition) is 4. The van der Waals surface area contributed by atoms with Gasteiger partial charge in [-0.2, -0.15) is 5.26 Å². The summed E-state index contributed by atoms with van der Waals surface area (Å²) in [4.78, 5) is 26.4. The zero-order chi connectivity index (χ0) is 20.0. The maximum Gasteiger partial charge on any atom is 0.349 e. The minimum Gasteiger partial charge on any atom is -0.451 e. The Kier molecular flexibility index (Phi) is 7.18. The van der Waals surface area contributed by atoms with Crippen molar-refractivity contribution in [3.05, 3.63) is 41.0 Å². The van der Waals surface area contributed by atoms with Crippen LogP contribution in [0.4, 0.5) is 0 Å². The van der Waals surface area contributed by atoms with E-state index in [0.29, 0.717) is 5.92 Å². The summed E-state index contributed by atoms with van der Waals surface area (Å²) in [5, 5.41) is 9.28. The highest BCUT2D eigenvalue weighted by atomic mass is 16.5. The quantitative estimate of drug-likeness (QED) is 0.447. The zero-order valence-electron chi connectivity index (χ0n) is 16.6. The molecular formula is C22H28N2O3. The third-order valence-corrected chi connectivity index (χ3v) is 5.06. The number of carbonyl (C=O) groups is 2. The van der Waals surface area contributed by atoms with Crippen LogP contribution in [0.2, 0.25) is 0 Å². The van der Waals surface area contributed by atoms with Crippen LogP contribution in [0.3, 0.4) is 0 Å². The SMILES string of the molecule is CC(C)c1ccc(/C=C(\C#N)C(=O)OCC(=O)N2[C@H](C)CCC[C@H]2C)cc1. The Labute approximate surface area is 161 Å².